The summed E-state index contributed by atoms with van der Waals surface area (Å²) in [6.45, 7) is 0.108. The summed E-state index contributed by atoms with van der Waals surface area (Å²) in [4.78, 5) is 10.4. The molecule has 1 aliphatic heterocycles. The molecule has 1 heterocycles. The van der Waals surface area contributed by atoms with Crippen LogP contribution in [0.25, 0.3) is 0 Å². The van der Waals surface area contributed by atoms with Crippen LogP contribution in [-0.2, 0) is 9.53 Å². The van der Waals surface area contributed by atoms with Gasteiger partial charge in [-0.15, -0.1) is 0 Å². The molecule has 64 valence electrons. The normalized spacial score (nSPS) is 31.2. The molecule has 1 aliphatic rings. The van der Waals surface area contributed by atoms with E-state index in [0.717, 1.165) is 0 Å². The van der Waals surface area contributed by atoms with Gasteiger partial charge in [0.2, 0.25) is 5.60 Å². The van der Waals surface area contributed by atoms with Crippen LogP contribution in [0.15, 0.2) is 0 Å². The SMILES string of the molecule is O=C(O)C1(C(F)F)CCCO1. The maximum Gasteiger partial charge on any atom is 0.342 e. The van der Waals surface area contributed by atoms with Crippen molar-refractivity contribution in [1.29, 1.82) is 0 Å². The molecule has 0 aromatic heterocycles. The highest BCUT2D eigenvalue weighted by molar-refractivity contribution is 5.78. The van der Waals surface area contributed by atoms with E-state index in [1.807, 2.05) is 0 Å². The molecule has 1 fully saturated rings. The molecule has 0 aromatic carbocycles. The lowest BCUT2D eigenvalue weighted by Gasteiger charge is -2.21. The van der Waals surface area contributed by atoms with Crippen LogP contribution in [-0.4, -0.2) is 29.7 Å². The summed E-state index contributed by atoms with van der Waals surface area (Å²) >= 11 is 0. The Kier molecular flexibility index (Phi) is 2.08. The van der Waals surface area contributed by atoms with E-state index in [9.17, 15) is 13.6 Å². The lowest BCUT2D eigenvalue weighted by atomic mass is 10.0. The maximum absolute atomic E-state index is 12.1. The van der Waals surface area contributed by atoms with Crippen molar-refractivity contribution in [3.8, 4) is 0 Å². The zero-order chi connectivity index (χ0) is 8.48. The summed E-state index contributed by atoms with van der Waals surface area (Å²) in [7, 11) is 0. The average molecular weight is 166 g/mol. The molecule has 0 saturated carbocycles. The number of carboxylic acid groups (broad SMARTS) is 1. The van der Waals surface area contributed by atoms with Crippen molar-refractivity contribution in [2.45, 2.75) is 24.9 Å². The predicted octanol–water partition coefficient (Wildman–Crippen LogP) is 0.885. The summed E-state index contributed by atoms with van der Waals surface area (Å²) < 4.78 is 28.8. The Hall–Kier alpha value is -0.710. The van der Waals surface area contributed by atoms with Crippen molar-refractivity contribution in [2.24, 2.45) is 0 Å². The van der Waals surface area contributed by atoms with Crippen LogP contribution in [0, 0.1) is 0 Å². The third-order valence-electron chi connectivity index (χ3n) is 1.77. The van der Waals surface area contributed by atoms with Crippen molar-refractivity contribution >= 4 is 5.97 Å². The van der Waals surface area contributed by atoms with Crippen LogP contribution in [0.3, 0.4) is 0 Å². The summed E-state index contributed by atoms with van der Waals surface area (Å²) in [6, 6.07) is 0. The molecule has 3 nitrogen and oxygen atoms in total. The first-order valence-corrected chi connectivity index (χ1v) is 3.25. The van der Waals surface area contributed by atoms with Gasteiger partial charge in [-0.1, -0.05) is 0 Å². The number of ether oxygens (including phenoxy) is 1. The molecule has 1 N–H and O–H groups in total. The third-order valence-corrected chi connectivity index (χ3v) is 1.77. The molecule has 0 bridgehead atoms. The largest absolute Gasteiger partial charge is 0.479 e. The van der Waals surface area contributed by atoms with E-state index >= 15 is 0 Å². The quantitative estimate of drug-likeness (QED) is 0.662. The highest BCUT2D eigenvalue weighted by Gasteiger charge is 2.51. The van der Waals surface area contributed by atoms with E-state index in [1.54, 1.807) is 0 Å². The molecule has 0 aliphatic carbocycles. The van der Waals surface area contributed by atoms with Crippen molar-refractivity contribution < 1.29 is 23.4 Å². The number of alkyl halides is 2. The minimum atomic E-state index is -2.94. The zero-order valence-electron chi connectivity index (χ0n) is 5.72. The average Bonchev–Trinajstić information content (AvgIpc) is 2.34. The van der Waals surface area contributed by atoms with Crippen molar-refractivity contribution in [3.05, 3.63) is 0 Å². The van der Waals surface area contributed by atoms with Crippen molar-refractivity contribution in [1.82, 2.24) is 0 Å². The molecule has 0 aromatic rings. The zero-order valence-corrected chi connectivity index (χ0v) is 5.72. The molecule has 1 rings (SSSR count). The van der Waals surface area contributed by atoms with Gasteiger partial charge in [0.25, 0.3) is 6.43 Å². The lowest BCUT2D eigenvalue weighted by molar-refractivity contribution is -0.178. The van der Waals surface area contributed by atoms with Gasteiger partial charge in [0, 0.05) is 6.61 Å². The summed E-state index contributed by atoms with van der Waals surface area (Å²) in [5.74, 6) is -1.56. The molecule has 0 spiro atoms. The first-order chi connectivity index (χ1) is 5.09. The van der Waals surface area contributed by atoms with Gasteiger partial charge in [0.15, 0.2) is 0 Å². The van der Waals surface area contributed by atoms with E-state index < -0.39 is 18.0 Å². The second-order valence-electron chi connectivity index (χ2n) is 2.45. The van der Waals surface area contributed by atoms with Gasteiger partial charge in [0.1, 0.15) is 0 Å². The molecular formula is C6H8F2O3. The Morgan fingerprint density at radius 2 is 2.27 bits per heavy atom. The first-order valence-electron chi connectivity index (χ1n) is 3.25. The fourth-order valence-electron chi connectivity index (χ4n) is 1.10. The van der Waals surface area contributed by atoms with E-state index in [-0.39, 0.29) is 13.0 Å². The van der Waals surface area contributed by atoms with Crippen LogP contribution < -0.4 is 0 Å². The Labute approximate surface area is 62.0 Å². The summed E-state index contributed by atoms with van der Waals surface area (Å²) in [5, 5.41) is 8.43. The predicted molar refractivity (Wildman–Crippen MR) is 31.6 cm³/mol. The van der Waals surface area contributed by atoms with Gasteiger partial charge in [-0.25, -0.2) is 13.6 Å². The third kappa shape index (κ3) is 1.20. The highest BCUT2D eigenvalue weighted by atomic mass is 19.3. The van der Waals surface area contributed by atoms with Crippen LogP contribution in [0.4, 0.5) is 8.78 Å². The van der Waals surface area contributed by atoms with E-state index in [2.05, 4.69) is 4.74 Å². The van der Waals surface area contributed by atoms with Gasteiger partial charge < -0.3 is 9.84 Å². The highest BCUT2D eigenvalue weighted by Crippen LogP contribution is 2.31. The van der Waals surface area contributed by atoms with E-state index in [1.165, 1.54) is 0 Å². The molecular weight excluding hydrogens is 158 g/mol. The number of hydrogen-bond acceptors (Lipinski definition) is 2. The fourth-order valence-corrected chi connectivity index (χ4v) is 1.10. The maximum atomic E-state index is 12.1. The molecule has 0 radical (unpaired) electrons. The molecule has 0 amide bonds. The smallest absolute Gasteiger partial charge is 0.342 e. The van der Waals surface area contributed by atoms with Crippen LogP contribution in [0.2, 0.25) is 0 Å². The van der Waals surface area contributed by atoms with Gasteiger partial charge in [-0.2, -0.15) is 0 Å². The molecule has 1 saturated heterocycles. The fraction of sp³-hybridized carbons (Fsp3) is 0.833. The number of hydrogen-bond donors (Lipinski definition) is 1. The van der Waals surface area contributed by atoms with Crippen molar-refractivity contribution in [3.63, 3.8) is 0 Å². The van der Waals surface area contributed by atoms with Crippen LogP contribution >= 0.6 is 0 Å². The Morgan fingerprint density at radius 1 is 1.64 bits per heavy atom. The van der Waals surface area contributed by atoms with E-state index in [0.29, 0.717) is 6.42 Å². The van der Waals surface area contributed by atoms with Gasteiger partial charge >= 0.3 is 5.97 Å². The lowest BCUT2D eigenvalue weighted by Crippen LogP contribution is -2.44. The summed E-state index contributed by atoms with van der Waals surface area (Å²) in [5.41, 5.74) is -2.22. The number of carboxylic acids is 1. The number of aliphatic carboxylic acids is 1. The second kappa shape index (κ2) is 2.73. The Bertz CT molecular complexity index is 163. The Morgan fingerprint density at radius 3 is 2.45 bits per heavy atom. The molecule has 1 atom stereocenters. The van der Waals surface area contributed by atoms with Gasteiger partial charge in [-0.05, 0) is 12.8 Å². The standard InChI is InChI=1S/C6H8F2O3/c7-4(8)6(5(9)10)2-1-3-11-6/h4H,1-3H2,(H,9,10). The minimum Gasteiger partial charge on any atom is -0.479 e. The number of halogens is 2. The van der Waals surface area contributed by atoms with Crippen molar-refractivity contribution in [2.75, 3.05) is 6.61 Å². The van der Waals surface area contributed by atoms with Gasteiger partial charge in [0.05, 0.1) is 0 Å². The van der Waals surface area contributed by atoms with E-state index in [4.69, 9.17) is 5.11 Å². The van der Waals surface area contributed by atoms with Gasteiger partial charge in [-0.3, -0.25) is 0 Å². The molecule has 1 unspecified atom stereocenters. The summed E-state index contributed by atoms with van der Waals surface area (Å²) in [6.07, 6.45) is -2.65. The van der Waals surface area contributed by atoms with Crippen LogP contribution in [0.1, 0.15) is 12.8 Å². The number of rotatable bonds is 2. The topological polar surface area (TPSA) is 46.5 Å². The molecule has 5 heteroatoms. The minimum absolute atomic E-state index is 0.0972. The number of carbonyl (C=O) groups is 1. The first kappa shape index (κ1) is 8.39. The van der Waals surface area contributed by atoms with Crippen LogP contribution in [0.5, 0.6) is 0 Å². The Balaban J connectivity index is 2.79. The second-order valence-corrected chi connectivity index (χ2v) is 2.45. The molecule has 11 heavy (non-hydrogen) atoms. The monoisotopic (exact) mass is 166 g/mol.